The van der Waals surface area contributed by atoms with Crippen molar-refractivity contribution in [3.8, 4) is 6.07 Å². The van der Waals surface area contributed by atoms with Crippen molar-refractivity contribution < 1.29 is 4.74 Å². The molecule has 1 rings (SSSR count). The first kappa shape index (κ1) is 11.5. The molecule has 0 aromatic rings. The third-order valence-electron chi connectivity index (χ3n) is 2.81. The lowest BCUT2D eigenvalue weighted by molar-refractivity contribution is -0.000353. The largest absolute Gasteiger partial charge is 0.375 e. The SMILES string of the molecule is CC1CC(C)CC(OCC(N)C#N)C1. The van der Waals surface area contributed by atoms with Crippen LogP contribution in [-0.4, -0.2) is 18.8 Å². The lowest BCUT2D eigenvalue weighted by Crippen LogP contribution is -2.31. The van der Waals surface area contributed by atoms with Gasteiger partial charge in [-0.3, -0.25) is 0 Å². The van der Waals surface area contributed by atoms with Crippen molar-refractivity contribution in [3.63, 3.8) is 0 Å². The Kier molecular flexibility index (Phi) is 4.37. The third kappa shape index (κ3) is 3.65. The summed E-state index contributed by atoms with van der Waals surface area (Å²) in [6.45, 7) is 4.90. The van der Waals surface area contributed by atoms with Crippen molar-refractivity contribution in [2.75, 3.05) is 6.61 Å². The van der Waals surface area contributed by atoms with E-state index < -0.39 is 6.04 Å². The molecule has 1 aliphatic carbocycles. The van der Waals surface area contributed by atoms with Gasteiger partial charge in [0.05, 0.1) is 18.8 Å². The highest BCUT2D eigenvalue weighted by atomic mass is 16.5. The van der Waals surface area contributed by atoms with Gasteiger partial charge in [0.2, 0.25) is 0 Å². The lowest BCUT2D eigenvalue weighted by atomic mass is 9.82. The summed E-state index contributed by atoms with van der Waals surface area (Å²) in [5.74, 6) is 1.48. The van der Waals surface area contributed by atoms with Crippen molar-refractivity contribution in [3.05, 3.63) is 0 Å². The van der Waals surface area contributed by atoms with Gasteiger partial charge in [-0.25, -0.2) is 0 Å². The number of nitrogens with zero attached hydrogens (tertiary/aromatic N) is 1. The quantitative estimate of drug-likeness (QED) is 0.747. The Labute approximate surface area is 86.2 Å². The van der Waals surface area contributed by atoms with Crippen LogP contribution in [0.5, 0.6) is 0 Å². The second kappa shape index (κ2) is 5.33. The van der Waals surface area contributed by atoms with Gasteiger partial charge in [-0.1, -0.05) is 13.8 Å². The second-order valence-corrected chi connectivity index (χ2v) is 4.61. The molecule has 0 spiro atoms. The maximum Gasteiger partial charge on any atom is 0.116 e. The van der Waals surface area contributed by atoms with Crippen LogP contribution in [0.3, 0.4) is 0 Å². The normalized spacial score (nSPS) is 34.9. The summed E-state index contributed by atoms with van der Waals surface area (Å²) in [7, 11) is 0. The molecule has 2 N–H and O–H groups in total. The van der Waals surface area contributed by atoms with Crippen LogP contribution in [0.1, 0.15) is 33.1 Å². The van der Waals surface area contributed by atoms with E-state index >= 15 is 0 Å². The number of rotatable bonds is 3. The van der Waals surface area contributed by atoms with Gasteiger partial charge in [0.1, 0.15) is 6.04 Å². The molecule has 3 atom stereocenters. The lowest BCUT2D eigenvalue weighted by Gasteiger charge is -2.31. The van der Waals surface area contributed by atoms with Crippen LogP contribution in [0.25, 0.3) is 0 Å². The van der Waals surface area contributed by atoms with Crippen LogP contribution in [-0.2, 0) is 4.74 Å². The standard InChI is InChI=1S/C11H20N2O/c1-8-3-9(2)5-11(4-8)14-7-10(13)6-12/h8-11H,3-5,7,13H2,1-2H3. The van der Waals surface area contributed by atoms with E-state index in [1.807, 2.05) is 6.07 Å². The predicted molar refractivity (Wildman–Crippen MR) is 55.5 cm³/mol. The van der Waals surface area contributed by atoms with Crippen LogP contribution in [0.15, 0.2) is 0 Å². The molecule has 14 heavy (non-hydrogen) atoms. The first-order valence-corrected chi connectivity index (χ1v) is 5.38. The molecule has 3 nitrogen and oxygen atoms in total. The van der Waals surface area contributed by atoms with Gasteiger partial charge in [0.15, 0.2) is 0 Å². The average molecular weight is 196 g/mol. The molecule has 0 amide bonds. The Morgan fingerprint density at radius 3 is 2.43 bits per heavy atom. The van der Waals surface area contributed by atoms with Crippen molar-refractivity contribution in [2.24, 2.45) is 17.6 Å². The molecule has 1 aliphatic rings. The fraction of sp³-hybridized carbons (Fsp3) is 0.909. The Hall–Kier alpha value is -0.590. The van der Waals surface area contributed by atoms with E-state index in [0.717, 1.165) is 24.7 Å². The first-order chi connectivity index (χ1) is 6.61. The monoisotopic (exact) mass is 196 g/mol. The molecule has 1 saturated carbocycles. The summed E-state index contributed by atoms with van der Waals surface area (Å²) in [5, 5.41) is 8.51. The molecule has 0 saturated heterocycles. The minimum absolute atomic E-state index is 0.313. The zero-order valence-corrected chi connectivity index (χ0v) is 9.07. The van der Waals surface area contributed by atoms with E-state index in [-0.39, 0.29) is 0 Å². The highest BCUT2D eigenvalue weighted by molar-refractivity contribution is 4.86. The van der Waals surface area contributed by atoms with Crippen molar-refractivity contribution in [1.29, 1.82) is 5.26 Å². The first-order valence-electron chi connectivity index (χ1n) is 5.38. The van der Waals surface area contributed by atoms with Gasteiger partial charge in [-0.15, -0.1) is 0 Å². The van der Waals surface area contributed by atoms with Gasteiger partial charge in [-0.2, -0.15) is 5.26 Å². The molecule has 3 heteroatoms. The van der Waals surface area contributed by atoms with Gasteiger partial charge < -0.3 is 10.5 Å². The Bertz CT molecular complexity index is 202. The van der Waals surface area contributed by atoms with Crippen molar-refractivity contribution >= 4 is 0 Å². The maximum atomic E-state index is 8.51. The van der Waals surface area contributed by atoms with Crippen LogP contribution in [0.4, 0.5) is 0 Å². The third-order valence-corrected chi connectivity index (χ3v) is 2.81. The molecule has 0 radical (unpaired) electrons. The van der Waals surface area contributed by atoms with E-state index in [9.17, 15) is 0 Å². The van der Waals surface area contributed by atoms with Gasteiger partial charge >= 0.3 is 0 Å². The van der Waals surface area contributed by atoms with Crippen molar-refractivity contribution in [2.45, 2.75) is 45.3 Å². The summed E-state index contributed by atoms with van der Waals surface area (Å²) in [5.41, 5.74) is 5.47. The summed E-state index contributed by atoms with van der Waals surface area (Å²) in [6, 6.07) is 1.51. The van der Waals surface area contributed by atoms with Crippen LogP contribution < -0.4 is 5.73 Å². The van der Waals surface area contributed by atoms with Crippen LogP contribution >= 0.6 is 0 Å². The highest BCUT2D eigenvalue weighted by Gasteiger charge is 2.24. The molecule has 0 aromatic heterocycles. The predicted octanol–water partition coefficient (Wildman–Crippen LogP) is 1.68. The molecule has 0 aliphatic heterocycles. The fourth-order valence-electron chi connectivity index (χ4n) is 2.29. The Morgan fingerprint density at radius 1 is 1.36 bits per heavy atom. The molecule has 1 fully saturated rings. The zero-order valence-electron chi connectivity index (χ0n) is 9.07. The molecule has 3 unspecified atom stereocenters. The van der Waals surface area contributed by atoms with Gasteiger partial charge in [0, 0.05) is 0 Å². The summed E-state index contributed by atoms with van der Waals surface area (Å²) < 4.78 is 5.63. The number of nitrogens with two attached hydrogens (primary N) is 1. The number of nitriles is 1. The van der Waals surface area contributed by atoms with Gasteiger partial charge in [-0.05, 0) is 31.1 Å². The Balaban J connectivity index is 2.27. The minimum atomic E-state index is -0.470. The van der Waals surface area contributed by atoms with E-state index in [0.29, 0.717) is 12.7 Å². The number of ether oxygens (including phenoxy) is 1. The topological polar surface area (TPSA) is 59.0 Å². The zero-order chi connectivity index (χ0) is 10.6. The van der Waals surface area contributed by atoms with E-state index in [1.165, 1.54) is 6.42 Å². The maximum absolute atomic E-state index is 8.51. The molecule has 80 valence electrons. The second-order valence-electron chi connectivity index (χ2n) is 4.61. The average Bonchev–Trinajstić information content (AvgIpc) is 2.12. The fourth-order valence-corrected chi connectivity index (χ4v) is 2.29. The van der Waals surface area contributed by atoms with Gasteiger partial charge in [0.25, 0.3) is 0 Å². The van der Waals surface area contributed by atoms with E-state index in [1.54, 1.807) is 0 Å². The van der Waals surface area contributed by atoms with E-state index in [4.69, 9.17) is 15.7 Å². The summed E-state index contributed by atoms with van der Waals surface area (Å²) >= 11 is 0. The van der Waals surface area contributed by atoms with E-state index in [2.05, 4.69) is 13.8 Å². The summed E-state index contributed by atoms with van der Waals surface area (Å²) in [4.78, 5) is 0. The summed E-state index contributed by atoms with van der Waals surface area (Å²) in [6.07, 6.45) is 3.84. The molecular formula is C11H20N2O. The molecule has 0 bridgehead atoms. The molecular weight excluding hydrogens is 176 g/mol. The van der Waals surface area contributed by atoms with Crippen molar-refractivity contribution in [1.82, 2.24) is 0 Å². The smallest absolute Gasteiger partial charge is 0.116 e. The minimum Gasteiger partial charge on any atom is -0.375 e. The number of hydrogen-bond donors (Lipinski definition) is 1. The van der Waals surface area contributed by atoms with Crippen LogP contribution in [0.2, 0.25) is 0 Å². The molecule has 0 aromatic carbocycles. The molecule has 0 heterocycles. The van der Waals surface area contributed by atoms with Crippen LogP contribution in [0, 0.1) is 23.2 Å². The number of hydrogen-bond acceptors (Lipinski definition) is 3. The highest BCUT2D eigenvalue weighted by Crippen LogP contribution is 2.30. The Morgan fingerprint density at radius 2 is 1.93 bits per heavy atom.